The molecular weight excluding hydrogens is 322 g/mol. The Morgan fingerprint density at radius 3 is 2.54 bits per heavy atom. The molecule has 0 radical (unpaired) electrons. The van der Waals surface area contributed by atoms with Gasteiger partial charge in [-0.25, -0.2) is 4.79 Å². The van der Waals surface area contributed by atoms with Gasteiger partial charge in [0.1, 0.15) is 6.61 Å². The lowest BCUT2D eigenvalue weighted by atomic mass is 9.79. The van der Waals surface area contributed by atoms with E-state index in [9.17, 15) is 9.90 Å². The summed E-state index contributed by atoms with van der Waals surface area (Å²) in [4.78, 5) is 14.3. The Morgan fingerprint density at radius 1 is 1.46 bits per heavy atom. The Labute approximate surface area is 148 Å². The van der Waals surface area contributed by atoms with Crippen molar-refractivity contribution in [3.05, 3.63) is 24.3 Å². The Balaban J connectivity index is 3.28. The molecule has 0 bridgehead atoms. The minimum absolute atomic E-state index is 0.0432. The summed E-state index contributed by atoms with van der Waals surface area (Å²) in [6.07, 6.45) is 3.78. The lowest BCUT2D eigenvalue weighted by Gasteiger charge is -2.37. The molecule has 24 heavy (non-hydrogen) atoms. The van der Waals surface area contributed by atoms with Crippen molar-refractivity contribution in [1.82, 2.24) is 4.90 Å². The van der Waals surface area contributed by atoms with E-state index in [4.69, 9.17) is 9.16 Å². The lowest BCUT2D eigenvalue weighted by molar-refractivity contribution is -0.0140. The lowest BCUT2D eigenvalue weighted by Crippen LogP contribution is -2.50. The first-order chi connectivity index (χ1) is 11.1. The second-order valence-corrected chi connectivity index (χ2v) is 10.2. The van der Waals surface area contributed by atoms with E-state index in [-0.39, 0.29) is 24.5 Å². The van der Waals surface area contributed by atoms with Crippen LogP contribution in [-0.4, -0.2) is 50.6 Å². The van der Waals surface area contributed by atoms with Crippen LogP contribution in [0.25, 0.3) is 0 Å². The maximum atomic E-state index is 12.6. The molecule has 0 saturated carbocycles. The molecule has 1 heterocycles. The van der Waals surface area contributed by atoms with E-state index in [1.165, 1.54) is 0 Å². The number of rotatable bonds is 6. The van der Waals surface area contributed by atoms with Crippen LogP contribution in [-0.2, 0) is 9.16 Å². The van der Waals surface area contributed by atoms with Gasteiger partial charge in [-0.1, -0.05) is 33.4 Å². The van der Waals surface area contributed by atoms with Gasteiger partial charge in [0, 0.05) is 13.0 Å². The van der Waals surface area contributed by atoms with E-state index in [1.54, 1.807) is 11.0 Å². The summed E-state index contributed by atoms with van der Waals surface area (Å²) >= 11 is 0. The fourth-order valence-corrected chi connectivity index (χ4v) is 4.15. The molecule has 1 rings (SSSR count). The Morgan fingerprint density at radius 2 is 2.08 bits per heavy atom. The van der Waals surface area contributed by atoms with Crippen LogP contribution >= 0.6 is 0 Å². The molecule has 1 fully saturated rings. The first-order valence-corrected chi connectivity index (χ1v) is 11.4. The topological polar surface area (TPSA) is 59.0 Å². The fourth-order valence-electron chi connectivity index (χ4n) is 3.04. The van der Waals surface area contributed by atoms with Gasteiger partial charge < -0.3 is 14.3 Å². The van der Waals surface area contributed by atoms with E-state index >= 15 is 0 Å². The van der Waals surface area contributed by atoms with Gasteiger partial charge in [-0.15, -0.1) is 0 Å². The highest BCUT2D eigenvalue weighted by atomic mass is 28.3. The SMILES string of the molecule is C=CCOC(=O)N1C[C@@H](C(C)(C)C)C[C@@]1(C=C(C)CO)O[SiH](C)C. The first kappa shape index (κ1) is 20.9. The summed E-state index contributed by atoms with van der Waals surface area (Å²) in [5, 5.41) is 9.48. The predicted molar refractivity (Wildman–Crippen MR) is 99.3 cm³/mol. The maximum absolute atomic E-state index is 12.6. The number of nitrogens with zero attached hydrogens (tertiary/aromatic N) is 1. The summed E-state index contributed by atoms with van der Waals surface area (Å²) in [5.41, 5.74) is 0.00561. The van der Waals surface area contributed by atoms with Crippen LogP contribution in [0.2, 0.25) is 13.1 Å². The van der Waals surface area contributed by atoms with Gasteiger partial charge in [0.2, 0.25) is 0 Å². The second-order valence-electron chi connectivity index (χ2n) is 7.90. The molecule has 0 aliphatic carbocycles. The fraction of sp³-hybridized carbons (Fsp3) is 0.722. The number of hydrogen-bond donors (Lipinski definition) is 1. The highest BCUT2D eigenvalue weighted by Crippen LogP contribution is 2.44. The molecule has 1 aliphatic heterocycles. The van der Waals surface area contributed by atoms with Gasteiger partial charge >= 0.3 is 6.09 Å². The summed E-state index contributed by atoms with van der Waals surface area (Å²) in [6, 6.07) is 0. The molecule has 1 amide bonds. The predicted octanol–water partition coefficient (Wildman–Crippen LogP) is 3.31. The van der Waals surface area contributed by atoms with Gasteiger partial charge in [0.25, 0.3) is 0 Å². The number of ether oxygens (including phenoxy) is 1. The van der Waals surface area contributed by atoms with Crippen molar-refractivity contribution in [3.8, 4) is 0 Å². The molecule has 0 spiro atoms. The molecule has 2 atom stereocenters. The van der Waals surface area contributed by atoms with E-state index in [0.29, 0.717) is 13.0 Å². The third-order valence-electron chi connectivity index (χ3n) is 4.33. The molecule has 1 aliphatic rings. The van der Waals surface area contributed by atoms with Crippen molar-refractivity contribution in [3.63, 3.8) is 0 Å². The number of aliphatic hydroxyl groups excluding tert-OH is 1. The molecule has 138 valence electrons. The van der Waals surface area contributed by atoms with Crippen molar-refractivity contribution < 1.29 is 19.1 Å². The van der Waals surface area contributed by atoms with Gasteiger partial charge in [-0.3, -0.25) is 4.90 Å². The van der Waals surface area contributed by atoms with Gasteiger partial charge in [0.15, 0.2) is 14.8 Å². The number of carbonyl (C=O) groups is 1. The largest absolute Gasteiger partial charge is 0.445 e. The van der Waals surface area contributed by atoms with E-state index in [2.05, 4.69) is 40.4 Å². The minimum Gasteiger partial charge on any atom is -0.445 e. The summed E-state index contributed by atoms with van der Waals surface area (Å²) in [5.74, 6) is 0.282. The van der Waals surface area contributed by atoms with Crippen molar-refractivity contribution in [2.24, 2.45) is 11.3 Å². The van der Waals surface area contributed by atoms with E-state index in [0.717, 1.165) is 5.57 Å². The smallest absolute Gasteiger partial charge is 0.412 e. The standard InChI is InChI=1S/C18H33NO4Si/c1-8-9-22-16(21)19-12-15(17(3,4)5)11-18(19,23-24(6)7)10-14(2)13-20/h8,10,15,20,24H,1,9,11-13H2,2-7H3/t15-,18+/m0/s1. The van der Waals surface area contributed by atoms with Gasteiger partial charge in [-0.2, -0.15) is 0 Å². The molecule has 0 aromatic carbocycles. The van der Waals surface area contributed by atoms with Crippen molar-refractivity contribution >= 4 is 15.1 Å². The third-order valence-corrected chi connectivity index (χ3v) is 5.21. The number of amides is 1. The summed E-state index contributed by atoms with van der Waals surface area (Å²) in [7, 11) is -1.44. The third kappa shape index (κ3) is 5.19. The highest BCUT2D eigenvalue weighted by Gasteiger charge is 2.51. The molecule has 0 aromatic rings. The Bertz CT molecular complexity index is 484. The normalized spacial score (nSPS) is 25.2. The number of carbonyl (C=O) groups excluding carboxylic acids is 1. The van der Waals surface area contributed by atoms with Crippen LogP contribution in [0.3, 0.4) is 0 Å². The number of aliphatic hydroxyl groups is 1. The van der Waals surface area contributed by atoms with Crippen molar-refractivity contribution in [2.45, 2.75) is 52.9 Å². The molecular formula is C18H33NO4Si. The summed E-state index contributed by atoms with van der Waals surface area (Å²) in [6.45, 7) is 16.8. The molecule has 5 nitrogen and oxygen atoms in total. The zero-order chi connectivity index (χ0) is 18.5. The maximum Gasteiger partial charge on any atom is 0.412 e. The Kier molecular flexibility index (Phi) is 7.25. The first-order valence-electron chi connectivity index (χ1n) is 8.58. The van der Waals surface area contributed by atoms with Crippen molar-refractivity contribution in [2.75, 3.05) is 19.8 Å². The molecule has 1 N–H and O–H groups in total. The van der Waals surface area contributed by atoms with Gasteiger partial charge in [-0.05, 0) is 43.0 Å². The van der Waals surface area contributed by atoms with E-state index < -0.39 is 20.9 Å². The Hall–Kier alpha value is -1.11. The second kappa shape index (κ2) is 8.32. The number of likely N-dealkylation sites (tertiary alicyclic amines) is 1. The van der Waals surface area contributed by atoms with Crippen LogP contribution in [0.1, 0.15) is 34.1 Å². The van der Waals surface area contributed by atoms with Gasteiger partial charge in [0.05, 0.1) is 6.61 Å². The zero-order valence-corrected chi connectivity index (χ0v) is 17.1. The van der Waals surface area contributed by atoms with Crippen LogP contribution in [0.5, 0.6) is 0 Å². The summed E-state index contributed by atoms with van der Waals surface area (Å²) < 4.78 is 11.7. The van der Waals surface area contributed by atoms with Crippen LogP contribution in [0, 0.1) is 11.3 Å². The highest BCUT2D eigenvalue weighted by molar-refractivity contribution is 6.48. The molecule has 0 unspecified atom stereocenters. The van der Waals surface area contributed by atoms with Crippen LogP contribution in [0.4, 0.5) is 4.79 Å². The molecule has 6 heteroatoms. The van der Waals surface area contributed by atoms with E-state index in [1.807, 2.05) is 13.0 Å². The quantitative estimate of drug-likeness (QED) is 0.586. The van der Waals surface area contributed by atoms with Crippen LogP contribution < -0.4 is 0 Å². The minimum atomic E-state index is -1.44. The average molecular weight is 356 g/mol. The average Bonchev–Trinajstić information content (AvgIpc) is 2.82. The molecule has 0 aromatic heterocycles. The number of hydrogen-bond acceptors (Lipinski definition) is 4. The zero-order valence-electron chi connectivity index (χ0n) is 16.0. The van der Waals surface area contributed by atoms with Crippen molar-refractivity contribution in [1.29, 1.82) is 0 Å². The molecule has 1 saturated heterocycles. The monoisotopic (exact) mass is 355 g/mol. The van der Waals surface area contributed by atoms with Crippen LogP contribution in [0.15, 0.2) is 24.3 Å².